The van der Waals surface area contributed by atoms with Gasteiger partial charge >= 0.3 is 0 Å². The largest absolute Gasteiger partial charge is 0.396 e. The third-order valence-electron chi connectivity index (χ3n) is 3.12. The Morgan fingerprint density at radius 2 is 1.53 bits per heavy atom. The number of alkyl halides is 1. The van der Waals surface area contributed by atoms with Crippen molar-refractivity contribution in [3.63, 3.8) is 0 Å². The predicted molar refractivity (Wildman–Crippen MR) is 75.3 cm³/mol. The van der Waals surface area contributed by atoms with E-state index in [0.717, 1.165) is 38.9 Å². The molecule has 2 rings (SSSR count). The van der Waals surface area contributed by atoms with Crippen molar-refractivity contribution in [3.05, 3.63) is 0 Å². The van der Waals surface area contributed by atoms with Gasteiger partial charge in [-0.3, -0.25) is 0 Å². The maximum Gasteiger partial charge on any atom is 0.160 e. The zero-order valence-corrected chi connectivity index (χ0v) is 12.4. The SMILES string of the molecule is C1CCC(OC2CCCCO2)OC1.OCCCCCl. The van der Waals surface area contributed by atoms with Crippen LogP contribution in [0.15, 0.2) is 0 Å². The Hall–Kier alpha value is 0.130. The van der Waals surface area contributed by atoms with Crippen LogP contribution in [0.4, 0.5) is 0 Å². The first-order valence-corrected chi connectivity index (χ1v) is 7.95. The molecule has 19 heavy (non-hydrogen) atoms. The highest BCUT2D eigenvalue weighted by molar-refractivity contribution is 6.17. The van der Waals surface area contributed by atoms with Crippen LogP contribution in [0.5, 0.6) is 0 Å². The summed E-state index contributed by atoms with van der Waals surface area (Å²) in [6.07, 6.45) is 8.60. The molecule has 2 saturated heterocycles. The standard InChI is InChI=1S/C10H18O3.C4H9ClO/c1-3-7-11-9(5-1)13-10-6-2-4-8-12-10;5-3-1-2-4-6/h9-10H,1-8H2;6H,1-4H2. The Labute approximate surface area is 121 Å². The lowest BCUT2D eigenvalue weighted by atomic mass is 10.2. The molecular weight excluding hydrogens is 268 g/mol. The van der Waals surface area contributed by atoms with Crippen LogP contribution >= 0.6 is 11.6 Å². The molecule has 0 aromatic heterocycles. The number of halogens is 1. The van der Waals surface area contributed by atoms with Crippen LogP contribution in [0.25, 0.3) is 0 Å². The normalized spacial score (nSPS) is 27.5. The van der Waals surface area contributed by atoms with Crippen LogP contribution < -0.4 is 0 Å². The van der Waals surface area contributed by atoms with E-state index in [-0.39, 0.29) is 19.2 Å². The zero-order valence-electron chi connectivity index (χ0n) is 11.7. The van der Waals surface area contributed by atoms with E-state index in [2.05, 4.69) is 0 Å². The molecular formula is C14H27ClO4. The van der Waals surface area contributed by atoms with Crippen molar-refractivity contribution in [3.8, 4) is 0 Å². The maximum atomic E-state index is 8.14. The Kier molecular flexibility index (Phi) is 10.8. The minimum Gasteiger partial charge on any atom is -0.396 e. The fourth-order valence-corrected chi connectivity index (χ4v) is 2.20. The second-order valence-corrected chi connectivity index (χ2v) is 5.23. The van der Waals surface area contributed by atoms with Gasteiger partial charge in [0, 0.05) is 25.7 Å². The van der Waals surface area contributed by atoms with E-state index in [1.54, 1.807) is 0 Å². The number of hydrogen-bond acceptors (Lipinski definition) is 4. The summed E-state index contributed by atoms with van der Waals surface area (Å²) in [6, 6.07) is 0. The molecule has 114 valence electrons. The minimum atomic E-state index is -0.00292. The second-order valence-electron chi connectivity index (χ2n) is 4.85. The van der Waals surface area contributed by atoms with Crippen molar-refractivity contribution < 1.29 is 19.3 Å². The van der Waals surface area contributed by atoms with E-state index in [9.17, 15) is 0 Å². The molecule has 5 heteroatoms. The second kappa shape index (κ2) is 11.9. The van der Waals surface area contributed by atoms with Gasteiger partial charge in [0.05, 0.1) is 0 Å². The molecule has 0 bridgehead atoms. The van der Waals surface area contributed by atoms with Gasteiger partial charge in [-0.15, -0.1) is 11.6 Å². The van der Waals surface area contributed by atoms with Gasteiger partial charge < -0.3 is 19.3 Å². The van der Waals surface area contributed by atoms with Crippen LogP contribution in [-0.4, -0.2) is 43.4 Å². The number of unbranched alkanes of at least 4 members (excludes halogenated alkanes) is 1. The molecule has 2 fully saturated rings. The molecule has 0 saturated carbocycles. The molecule has 1 N–H and O–H groups in total. The third-order valence-corrected chi connectivity index (χ3v) is 3.39. The van der Waals surface area contributed by atoms with Gasteiger partial charge in [-0.1, -0.05) is 0 Å². The average molecular weight is 295 g/mol. The first-order chi connectivity index (χ1) is 9.36. The molecule has 2 atom stereocenters. The highest BCUT2D eigenvalue weighted by atomic mass is 35.5. The zero-order chi connectivity index (χ0) is 13.8. The first-order valence-electron chi connectivity index (χ1n) is 7.42. The molecule has 2 unspecified atom stereocenters. The maximum absolute atomic E-state index is 8.14. The lowest BCUT2D eigenvalue weighted by Crippen LogP contribution is -2.31. The molecule has 4 nitrogen and oxygen atoms in total. The van der Waals surface area contributed by atoms with Gasteiger partial charge in [-0.25, -0.2) is 0 Å². The Balaban J connectivity index is 0.000000258. The van der Waals surface area contributed by atoms with Gasteiger partial charge in [0.15, 0.2) is 12.6 Å². The van der Waals surface area contributed by atoms with Crippen molar-refractivity contribution in [2.75, 3.05) is 25.7 Å². The van der Waals surface area contributed by atoms with E-state index in [1.807, 2.05) is 0 Å². The van der Waals surface area contributed by atoms with Crippen LogP contribution in [0.3, 0.4) is 0 Å². The number of rotatable bonds is 5. The summed E-state index contributed by atoms with van der Waals surface area (Å²) in [6.45, 7) is 1.96. The van der Waals surface area contributed by atoms with E-state index >= 15 is 0 Å². The van der Waals surface area contributed by atoms with Crippen LogP contribution in [0.2, 0.25) is 0 Å². The van der Waals surface area contributed by atoms with Gasteiger partial charge in [0.2, 0.25) is 0 Å². The summed E-state index contributed by atoms with van der Waals surface area (Å²) in [7, 11) is 0. The molecule has 0 aromatic rings. The highest BCUT2D eigenvalue weighted by Gasteiger charge is 2.21. The summed E-state index contributed by atoms with van der Waals surface area (Å²) in [5.41, 5.74) is 0. The van der Waals surface area contributed by atoms with Crippen molar-refractivity contribution in [1.82, 2.24) is 0 Å². The lowest BCUT2D eigenvalue weighted by molar-refractivity contribution is -0.264. The molecule has 0 radical (unpaired) electrons. The summed E-state index contributed by atoms with van der Waals surface area (Å²) in [5, 5.41) is 8.14. The fourth-order valence-electron chi connectivity index (χ4n) is 2.01. The van der Waals surface area contributed by atoms with E-state index in [4.69, 9.17) is 30.9 Å². The van der Waals surface area contributed by atoms with Gasteiger partial charge in [0.25, 0.3) is 0 Å². The summed E-state index contributed by atoms with van der Waals surface area (Å²) >= 11 is 5.27. The topological polar surface area (TPSA) is 47.9 Å². The van der Waals surface area contributed by atoms with Gasteiger partial charge in [-0.05, 0) is 51.4 Å². The average Bonchev–Trinajstić information content (AvgIpc) is 2.48. The van der Waals surface area contributed by atoms with E-state index in [1.165, 1.54) is 25.7 Å². The van der Waals surface area contributed by atoms with Gasteiger partial charge in [0.1, 0.15) is 0 Å². The van der Waals surface area contributed by atoms with Crippen LogP contribution in [0.1, 0.15) is 51.4 Å². The quantitative estimate of drug-likeness (QED) is 0.625. The molecule has 2 aliphatic rings. The first kappa shape index (κ1) is 17.2. The third kappa shape index (κ3) is 8.82. The Bertz CT molecular complexity index is 172. The van der Waals surface area contributed by atoms with Crippen LogP contribution in [-0.2, 0) is 14.2 Å². The van der Waals surface area contributed by atoms with E-state index < -0.39 is 0 Å². The lowest BCUT2D eigenvalue weighted by Gasteiger charge is -2.29. The molecule has 2 aliphatic heterocycles. The summed E-state index contributed by atoms with van der Waals surface area (Å²) in [4.78, 5) is 0. The van der Waals surface area contributed by atoms with Crippen LogP contribution in [0, 0.1) is 0 Å². The molecule has 0 aromatic carbocycles. The number of hydrogen-bond donors (Lipinski definition) is 1. The van der Waals surface area contributed by atoms with Crippen molar-refractivity contribution in [2.24, 2.45) is 0 Å². The Morgan fingerprint density at radius 3 is 1.84 bits per heavy atom. The Morgan fingerprint density at radius 1 is 0.947 bits per heavy atom. The molecule has 0 amide bonds. The number of aliphatic hydroxyl groups excluding tert-OH is 1. The smallest absolute Gasteiger partial charge is 0.160 e. The van der Waals surface area contributed by atoms with Crippen molar-refractivity contribution >= 4 is 11.6 Å². The summed E-state index contributed by atoms with van der Waals surface area (Å²) < 4.78 is 16.6. The molecule has 2 heterocycles. The van der Waals surface area contributed by atoms with Crippen molar-refractivity contribution in [1.29, 1.82) is 0 Å². The van der Waals surface area contributed by atoms with E-state index in [0.29, 0.717) is 5.88 Å². The highest BCUT2D eigenvalue weighted by Crippen LogP contribution is 2.20. The molecule has 0 aliphatic carbocycles. The number of aliphatic hydroxyl groups is 1. The predicted octanol–water partition coefficient (Wildman–Crippen LogP) is 3.05. The minimum absolute atomic E-state index is 0.00292. The molecule has 0 spiro atoms. The fraction of sp³-hybridized carbons (Fsp3) is 1.00. The van der Waals surface area contributed by atoms with Crippen molar-refractivity contribution in [2.45, 2.75) is 63.9 Å². The summed E-state index contributed by atoms with van der Waals surface area (Å²) in [5.74, 6) is 0.667. The number of ether oxygens (including phenoxy) is 3. The van der Waals surface area contributed by atoms with Gasteiger partial charge in [-0.2, -0.15) is 0 Å². The monoisotopic (exact) mass is 294 g/mol.